The van der Waals surface area contributed by atoms with Crippen molar-refractivity contribution >= 4 is 29.1 Å². The SMILES string of the molecule is O=C(NCC1(c2ccc(Cl)cc2Cl)CCOCC1)c1cn[nH]c1-c1ccccc1. The van der Waals surface area contributed by atoms with Gasteiger partial charge in [0.05, 0.1) is 17.5 Å². The van der Waals surface area contributed by atoms with Crippen LogP contribution in [0.3, 0.4) is 0 Å². The fourth-order valence-electron chi connectivity index (χ4n) is 3.85. The van der Waals surface area contributed by atoms with E-state index in [9.17, 15) is 4.79 Å². The Bertz CT molecular complexity index is 998. The van der Waals surface area contributed by atoms with E-state index in [1.54, 1.807) is 12.3 Å². The zero-order valence-corrected chi connectivity index (χ0v) is 17.3. The Morgan fingerprint density at radius 2 is 1.90 bits per heavy atom. The van der Waals surface area contributed by atoms with E-state index in [4.69, 9.17) is 27.9 Å². The number of nitrogens with zero attached hydrogens (tertiary/aromatic N) is 1. The van der Waals surface area contributed by atoms with E-state index in [2.05, 4.69) is 15.5 Å². The van der Waals surface area contributed by atoms with Crippen molar-refractivity contribution in [2.75, 3.05) is 19.8 Å². The molecular weight excluding hydrogens is 409 g/mol. The predicted octanol–water partition coefficient (Wildman–Crippen LogP) is 4.86. The second-order valence-corrected chi connectivity index (χ2v) is 8.07. The fourth-order valence-corrected chi connectivity index (χ4v) is 4.46. The molecule has 0 bridgehead atoms. The number of carbonyl (C=O) groups is 1. The van der Waals surface area contributed by atoms with Crippen LogP contribution in [0.1, 0.15) is 28.8 Å². The van der Waals surface area contributed by atoms with E-state index >= 15 is 0 Å². The van der Waals surface area contributed by atoms with Gasteiger partial charge in [-0.3, -0.25) is 9.89 Å². The molecule has 3 aromatic rings. The van der Waals surface area contributed by atoms with Gasteiger partial charge in [0.15, 0.2) is 0 Å². The summed E-state index contributed by atoms with van der Waals surface area (Å²) in [6.45, 7) is 1.70. The normalized spacial score (nSPS) is 15.8. The van der Waals surface area contributed by atoms with Crippen LogP contribution in [0.5, 0.6) is 0 Å². The predicted molar refractivity (Wildman–Crippen MR) is 115 cm³/mol. The molecule has 0 aliphatic carbocycles. The summed E-state index contributed by atoms with van der Waals surface area (Å²) in [5, 5.41) is 11.3. The van der Waals surface area contributed by atoms with Crippen LogP contribution in [0.4, 0.5) is 0 Å². The highest BCUT2D eigenvalue weighted by atomic mass is 35.5. The van der Waals surface area contributed by atoms with Crippen LogP contribution in [0.2, 0.25) is 10.0 Å². The standard InChI is InChI=1S/C22H21Cl2N3O2/c23-16-6-7-18(19(24)12-16)22(8-10-29-11-9-22)14-25-21(28)17-13-26-27-20(17)15-4-2-1-3-5-15/h1-7,12-13H,8-11,14H2,(H,25,28)(H,26,27). The molecule has 2 heterocycles. The van der Waals surface area contributed by atoms with E-state index in [1.807, 2.05) is 42.5 Å². The lowest BCUT2D eigenvalue weighted by molar-refractivity contribution is 0.0487. The number of hydrogen-bond acceptors (Lipinski definition) is 3. The fraction of sp³-hybridized carbons (Fsp3) is 0.273. The number of hydrogen-bond donors (Lipinski definition) is 2. The van der Waals surface area contributed by atoms with E-state index in [0.29, 0.717) is 41.1 Å². The number of amides is 1. The van der Waals surface area contributed by atoms with Gasteiger partial charge in [0, 0.05) is 40.8 Å². The molecule has 2 N–H and O–H groups in total. The summed E-state index contributed by atoms with van der Waals surface area (Å²) in [6, 6.07) is 15.2. The molecule has 5 nitrogen and oxygen atoms in total. The quantitative estimate of drug-likeness (QED) is 0.608. The second-order valence-electron chi connectivity index (χ2n) is 7.22. The molecule has 1 aromatic heterocycles. The Morgan fingerprint density at radius 3 is 2.62 bits per heavy atom. The smallest absolute Gasteiger partial charge is 0.255 e. The van der Waals surface area contributed by atoms with Crippen LogP contribution in [0.15, 0.2) is 54.7 Å². The van der Waals surface area contributed by atoms with Crippen LogP contribution >= 0.6 is 23.2 Å². The Labute approximate surface area is 179 Å². The second kappa shape index (κ2) is 8.57. The number of benzene rings is 2. The zero-order chi connectivity index (χ0) is 20.3. The molecule has 0 unspecified atom stereocenters. The van der Waals surface area contributed by atoms with Gasteiger partial charge in [-0.05, 0) is 30.5 Å². The lowest BCUT2D eigenvalue weighted by atomic mass is 9.74. The van der Waals surface area contributed by atoms with Gasteiger partial charge in [0.1, 0.15) is 0 Å². The highest BCUT2D eigenvalue weighted by Gasteiger charge is 2.36. The Balaban J connectivity index is 1.58. The summed E-state index contributed by atoms with van der Waals surface area (Å²) in [5.74, 6) is -0.173. The molecule has 1 saturated heterocycles. The summed E-state index contributed by atoms with van der Waals surface area (Å²) in [4.78, 5) is 13.0. The van der Waals surface area contributed by atoms with Crippen LogP contribution in [0.25, 0.3) is 11.3 Å². The van der Waals surface area contributed by atoms with Crippen molar-refractivity contribution in [2.45, 2.75) is 18.3 Å². The van der Waals surface area contributed by atoms with Crippen molar-refractivity contribution in [3.05, 3.63) is 75.9 Å². The number of rotatable bonds is 5. The molecule has 1 aliphatic rings. The first-order chi connectivity index (χ1) is 14.1. The molecule has 0 saturated carbocycles. The molecule has 0 spiro atoms. The molecule has 1 amide bonds. The van der Waals surface area contributed by atoms with E-state index < -0.39 is 0 Å². The molecule has 150 valence electrons. The molecule has 29 heavy (non-hydrogen) atoms. The minimum absolute atomic E-state index is 0.173. The summed E-state index contributed by atoms with van der Waals surface area (Å²) in [5.41, 5.74) is 2.82. The molecule has 1 aliphatic heterocycles. The molecule has 1 fully saturated rings. The largest absolute Gasteiger partial charge is 0.381 e. The molecular formula is C22H21Cl2N3O2. The number of nitrogens with one attached hydrogen (secondary N) is 2. The average molecular weight is 430 g/mol. The monoisotopic (exact) mass is 429 g/mol. The van der Waals surface area contributed by atoms with Crippen LogP contribution in [-0.4, -0.2) is 35.9 Å². The molecule has 0 atom stereocenters. The summed E-state index contributed by atoms with van der Waals surface area (Å²) >= 11 is 12.6. The van der Waals surface area contributed by atoms with Crippen molar-refractivity contribution < 1.29 is 9.53 Å². The summed E-state index contributed by atoms with van der Waals surface area (Å²) in [7, 11) is 0. The summed E-state index contributed by atoms with van der Waals surface area (Å²) in [6.07, 6.45) is 3.10. The lowest BCUT2D eigenvalue weighted by Gasteiger charge is -2.38. The van der Waals surface area contributed by atoms with Gasteiger partial charge in [-0.15, -0.1) is 0 Å². The Hall–Kier alpha value is -2.34. The zero-order valence-electron chi connectivity index (χ0n) is 15.8. The van der Waals surface area contributed by atoms with Gasteiger partial charge in [-0.25, -0.2) is 0 Å². The third kappa shape index (κ3) is 4.17. The third-order valence-electron chi connectivity index (χ3n) is 5.49. The minimum Gasteiger partial charge on any atom is -0.381 e. The van der Waals surface area contributed by atoms with E-state index in [0.717, 1.165) is 24.0 Å². The van der Waals surface area contributed by atoms with Crippen molar-refractivity contribution in [2.24, 2.45) is 0 Å². The molecule has 4 rings (SSSR count). The number of halogens is 2. The van der Waals surface area contributed by atoms with Crippen molar-refractivity contribution in [3.63, 3.8) is 0 Å². The van der Waals surface area contributed by atoms with Crippen molar-refractivity contribution in [1.29, 1.82) is 0 Å². The van der Waals surface area contributed by atoms with Crippen LogP contribution in [0, 0.1) is 0 Å². The highest BCUT2D eigenvalue weighted by molar-refractivity contribution is 6.35. The van der Waals surface area contributed by atoms with E-state index in [1.165, 1.54) is 0 Å². The van der Waals surface area contributed by atoms with Gasteiger partial charge < -0.3 is 10.1 Å². The average Bonchev–Trinajstić information content (AvgIpc) is 3.23. The number of H-pyrrole nitrogens is 1. The number of carbonyl (C=O) groups excluding carboxylic acids is 1. The van der Waals surface area contributed by atoms with Gasteiger partial charge in [-0.2, -0.15) is 5.10 Å². The van der Waals surface area contributed by atoms with Crippen LogP contribution in [-0.2, 0) is 10.2 Å². The van der Waals surface area contributed by atoms with Crippen molar-refractivity contribution in [1.82, 2.24) is 15.5 Å². The third-order valence-corrected chi connectivity index (χ3v) is 6.03. The van der Waals surface area contributed by atoms with Gasteiger partial charge in [0.2, 0.25) is 0 Å². The maximum absolute atomic E-state index is 13.0. The molecule has 0 radical (unpaired) electrons. The first kappa shape index (κ1) is 20.0. The molecule has 2 aromatic carbocycles. The van der Waals surface area contributed by atoms with Crippen LogP contribution < -0.4 is 5.32 Å². The number of aromatic amines is 1. The van der Waals surface area contributed by atoms with Gasteiger partial charge in [0.25, 0.3) is 5.91 Å². The maximum atomic E-state index is 13.0. The molecule has 7 heteroatoms. The summed E-state index contributed by atoms with van der Waals surface area (Å²) < 4.78 is 5.57. The number of ether oxygens (including phenoxy) is 1. The van der Waals surface area contributed by atoms with Gasteiger partial charge >= 0.3 is 0 Å². The van der Waals surface area contributed by atoms with Crippen molar-refractivity contribution in [3.8, 4) is 11.3 Å². The number of aromatic nitrogens is 2. The first-order valence-corrected chi connectivity index (χ1v) is 10.2. The lowest BCUT2D eigenvalue weighted by Crippen LogP contribution is -2.44. The van der Waals surface area contributed by atoms with E-state index in [-0.39, 0.29) is 11.3 Å². The van der Waals surface area contributed by atoms with Gasteiger partial charge in [-0.1, -0.05) is 59.6 Å². The Kier molecular flexibility index (Phi) is 5.90. The maximum Gasteiger partial charge on any atom is 0.255 e. The Morgan fingerprint density at radius 1 is 1.14 bits per heavy atom. The first-order valence-electron chi connectivity index (χ1n) is 9.49. The minimum atomic E-state index is -0.299. The topological polar surface area (TPSA) is 67.0 Å². The highest BCUT2D eigenvalue weighted by Crippen LogP contribution is 2.39.